The maximum absolute atomic E-state index is 12.2. The van der Waals surface area contributed by atoms with E-state index in [1.54, 1.807) is 0 Å². The minimum Gasteiger partial charge on any atom is -0.481 e. The summed E-state index contributed by atoms with van der Waals surface area (Å²) in [5.74, 6) is -2.18. The van der Waals surface area contributed by atoms with Crippen LogP contribution in [0.3, 0.4) is 0 Å². The van der Waals surface area contributed by atoms with Gasteiger partial charge in [-0.15, -0.1) is 0 Å². The predicted octanol–water partition coefficient (Wildman–Crippen LogP) is 1.08. The van der Waals surface area contributed by atoms with Crippen LogP contribution in [0.25, 0.3) is 0 Å². The number of alkyl halides is 2. The summed E-state index contributed by atoms with van der Waals surface area (Å²) in [5.41, 5.74) is -1.61. The molecule has 1 rings (SSSR count). The van der Waals surface area contributed by atoms with E-state index in [0.717, 1.165) is 0 Å². The topological polar surface area (TPSA) is 54.4 Å². The number of hydrogen-bond donors (Lipinski definition) is 1. The van der Waals surface area contributed by atoms with E-state index in [-0.39, 0.29) is 12.8 Å². The van der Waals surface area contributed by atoms with E-state index in [1.807, 2.05) is 0 Å². The van der Waals surface area contributed by atoms with Crippen molar-refractivity contribution in [3.8, 4) is 0 Å². The number of Topliss-reactive ketones (excluding diaryl/α,β-unsaturated/α-hetero) is 1. The van der Waals surface area contributed by atoms with E-state index < -0.39 is 30.0 Å². The van der Waals surface area contributed by atoms with E-state index in [9.17, 15) is 18.4 Å². The number of aliphatic carboxylic acids is 1. The van der Waals surface area contributed by atoms with Gasteiger partial charge in [-0.25, -0.2) is 8.78 Å². The van der Waals surface area contributed by atoms with Gasteiger partial charge in [-0.1, -0.05) is 0 Å². The predicted molar refractivity (Wildman–Crippen MR) is 34.9 cm³/mol. The van der Waals surface area contributed by atoms with Gasteiger partial charge < -0.3 is 5.11 Å². The van der Waals surface area contributed by atoms with Gasteiger partial charge in [-0.3, -0.25) is 9.59 Å². The zero-order valence-electron chi connectivity index (χ0n) is 6.22. The normalized spacial score (nSPS) is 19.2. The lowest BCUT2D eigenvalue weighted by atomic mass is 9.99. The number of carboxylic acids is 1. The van der Waals surface area contributed by atoms with E-state index in [1.165, 1.54) is 0 Å². The van der Waals surface area contributed by atoms with Gasteiger partial charge >= 0.3 is 5.97 Å². The molecule has 68 valence electrons. The summed E-state index contributed by atoms with van der Waals surface area (Å²) < 4.78 is 24.3. The van der Waals surface area contributed by atoms with Gasteiger partial charge in [0.2, 0.25) is 0 Å². The lowest BCUT2D eigenvalue weighted by Gasteiger charge is -2.09. The molecule has 1 aliphatic carbocycles. The third-order valence-electron chi connectivity index (χ3n) is 2.07. The molecule has 0 amide bonds. The molecule has 1 saturated carbocycles. The molecule has 0 heterocycles. The summed E-state index contributed by atoms with van der Waals surface area (Å²) >= 11 is 0. The van der Waals surface area contributed by atoms with E-state index in [4.69, 9.17) is 5.11 Å². The van der Waals surface area contributed by atoms with Gasteiger partial charge in [0.1, 0.15) is 6.42 Å². The van der Waals surface area contributed by atoms with Crippen LogP contribution in [0.15, 0.2) is 0 Å². The van der Waals surface area contributed by atoms with Gasteiger partial charge in [0, 0.05) is 0 Å². The Hall–Kier alpha value is -1.00. The van der Waals surface area contributed by atoms with Crippen molar-refractivity contribution in [2.75, 3.05) is 0 Å². The Morgan fingerprint density at radius 2 is 1.92 bits per heavy atom. The SMILES string of the molecule is O=C(O)CC(=O)C1(C(F)F)CC1. The summed E-state index contributed by atoms with van der Waals surface area (Å²) in [6.45, 7) is 0. The molecular formula is C7H8F2O3. The Morgan fingerprint density at radius 3 is 2.17 bits per heavy atom. The number of ketones is 1. The highest BCUT2D eigenvalue weighted by atomic mass is 19.3. The fourth-order valence-corrected chi connectivity index (χ4v) is 1.07. The van der Waals surface area contributed by atoms with Crippen LogP contribution in [0.5, 0.6) is 0 Å². The van der Waals surface area contributed by atoms with Gasteiger partial charge in [0.15, 0.2) is 5.78 Å². The van der Waals surface area contributed by atoms with Crippen LogP contribution >= 0.6 is 0 Å². The van der Waals surface area contributed by atoms with Crippen molar-refractivity contribution in [1.29, 1.82) is 0 Å². The number of hydrogen-bond acceptors (Lipinski definition) is 2. The second-order valence-corrected chi connectivity index (χ2v) is 2.95. The molecule has 0 unspecified atom stereocenters. The lowest BCUT2D eigenvalue weighted by molar-refractivity contribution is -0.143. The van der Waals surface area contributed by atoms with E-state index in [0.29, 0.717) is 0 Å². The molecule has 0 radical (unpaired) electrons. The van der Waals surface area contributed by atoms with Crippen LogP contribution in [-0.2, 0) is 9.59 Å². The third-order valence-corrected chi connectivity index (χ3v) is 2.07. The molecule has 1 aliphatic rings. The van der Waals surface area contributed by atoms with Crippen LogP contribution in [-0.4, -0.2) is 23.3 Å². The summed E-state index contributed by atoms with van der Waals surface area (Å²) in [7, 11) is 0. The van der Waals surface area contributed by atoms with Crippen LogP contribution in [0.2, 0.25) is 0 Å². The number of halogens is 2. The first-order chi connectivity index (χ1) is 5.49. The summed E-state index contributed by atoms with van der Waals surface area (Å²) in [5, 5.41) is 8.19. The molecule has 1 N–H and O–H groups in total. The third kappa shape index (κ3) is 1.44. The molecular weight excluding hydrogens is 170 g/mol. The molecule has 0 saturated heterocycles. The highest BCUT2D eigenvalue weighted by molar-refractivity contribution is 5.99. The maximum Gasteiger partial charge on any atom is 0.310 e. The maximum atomic E-state index is 12.2. The zero-order chi connectivity index (χ0) is 9.35. The first-order valence-electron chi connectivity index (χ1n) is 3.52. The fraction of sp³-hybridized carbons (Fsp3) is 0.714. The molecule has 0 aliphatic heterocycles. The van der Waals surface area contributed by atoms with Crippen molar-refractivity contribution in [2.24, 2.45) is 5.41 Å². The van der Waals surface area contributed by atoms with Crippen molar-refractivity contribution in [2.45, 2.75) is 25.7 Å². The zero-order valence-corrected chi connectivity index (χ0v) is 6.22. The second-order valence-electron chi connectivity index (χ2n) is 2.95. The summed E-state index contributed by atoms with van der Waals surface area (Å²) in [6.07, 6.45) is -3.26. The second kappa shape index (κ2) is 2.80. The largest absolute Gasteiger partial charge is 0.481 e. The Labute approximate surface area is 67.4 Å². The minimum atomic E-state index is -2.72. The van der Waals surface area contributed by atoms with Crippen LogP contribution in [0, 0.1) is 5.41 Å². The van der Waals surface area contributed by atoms with Crippen molar-refractivity contribution in [3.05, 3.63) is 0 Å². The number of carbonyl (C=O) groups is 2. The standard InChI is InChI=1S/C7H8F2O3/c8-6(9)7(1-2-7)4(10)3-5(11)12/h6H,1-3H2,(H,11,12). The van der Waals surface area contributed by atoms with Crippen molar-refractivity contribution in [1.82, 2.24) is 0 Å². The Morgan fingerprint density at radius 1 is 1.42 bits per heavy atom. The first kappa shape index (κ1) is 9.09. The van der Waals surface area contributed by atoms with Gasteiger partial charge in [0.25, 0.3) is 6.43 Å². The molecule has 0 bridgehead atoms. The number of carboxylic acid groups (broad SMARTS) is 1. The average Bonchev–Trinajstić information content (AvgIpc) is 2.63. The quantitative estimate of drug-likeness (QED) is 0.655. The van der Waals surface area contributed by atoms with Gasteiger partial charge in [-0.2, -0.15) is 0 Å². The monoisotopic (exact) mass is 178 g/mol. The first-order valence-corrected chi connectivity index (χ1v) is 3.52. The highest BCUT2D eigenvalue weighted by Crippen LogP contribution is 2.52. The smallest absolute Gasteiger partial charge is 0.310 e. The fourth-order valence-electron chi connectivity index (χ4n) is 1.07. The Balaban J connectivity index is 2.58. The number of rotatable bonds is 4. The molecule has 12 heavy (non-hydrogen) atoms. The van der Waals surface area contributed by atoms with Crippen molar-refractivity contribution < 1.29 is 23.5 Å². The molecule has 0 aromatic heterocycles. The minimum absolute atomic E-state index is 0.122. The van der Waals surface area contributed by atoms with Crippen LogP contribution in [0.1, 0.15) is 19.3 Å². The molecule has 0 aromatic carbocycles. The molecule has 0 aromatic rings. The number of carbonyl (C=O) groups excluding carboxylic acids is 1. The summed E-state index contributed by atoms with van der Waals surface area (Å²) in [4.78, 5) is 21.0. The Bertz CT molecular complexity index is 221. The van der Waals surface area contributed by atoms with Crippen molar-refractivity contribution in [3.63, 3.8) is 0 Å². The highest BCUT2D eigenvalue weighted by Gasteiger charge is 2.57. The van der Waals surface area contributed by atoms with Gasteiger partial charge in [-0.05, 0) is 12.8 Å². The van der Waals surface area contributed by atoms with E-state index in [2.05, 4.69) is 0 Å². The molecule has 5 heteroatoms. The van der Waals surface area contributed by atoms with Crippen molar-refractivity contribution >= 4 is 11.8 Å². The lowest BCUT2D eigenvalue weighted by Crippen LogP contribution is -2.25. The molecule has 1 fully saturated rings. The average molecular weight is 178 g/mol. The Kier molecular flexibility index (Phi) is 2.12. The van der Waals surface area contributed by atoms with E-state index >= 15 is 0 Å². The van der Waals surface area contributed by atoms with Crippen LogP contribution in [0.4, 0.5) is 8.78 Å². The molecule has 0 atom stereocenters. The summed E-state index contributed by atoms with van der Waals surface area (Å²) in [6, 6.07) is 0. The molecule has 0 spiro atoms. The molecule has 3 nitrogen and oxygen atoms in total. The van der Waals surface area contributed by atoms with Gasteiger partial charge in [0.05, 0.1) is 5.41 Å². The van der Waals surface area contributed by atoms with Crippen LogP contribution < -0.4 is 0 Å².